The Morgan fingerprint density at radius 2 is 2.23 bits per heavy atom. The Balaban J connectivity index is 2.42. The number of unbranched alkanes of at least 4 members (excludes halogenated alkanes) is 1. The van der Waals surface area contributed by atoms with Crippen LogP contribution in [0.5, 0.6) is 0 Å². The van der Waals surface area contributed by atoms with Gasteiger partial charge in [0.25, 0.3) is 0 Å². The Morgan fingerprint density at radius 3 is 2.85 bits per heavy atom. The normalized spacial score (nSPS) is 28.8. The van der Waals surface area contributed by atoms with E-state index in [1.54, 1.807) is 0 Å². The molecule has 2 atom stereocenters. The summed E-state index contributed by atoms with van der Waals surface area (Å²) >= 11 is 0. The summed E-state index contributed by atoms with van der Waals surface area (Å²) in [6.07, 6.45) is 2.12. The lowest BCUT2D eigenvalue weighted by molar-refractivity contribution is 0.00232. The minimum Gasteiger partial charge on any atom is -0.446 e. The minimum absolute atomic E-state index is 0.0744. The van der Waals surface area contributed by atoms with Crippen molar-refractivity contribution >= 4 is 6.09 Å². The quantitative estimate of drug-likeness (QED) is 0.675. The van der Waals surface area contributed by atoms with Gasteiger partial charge in [-0.2, -0.15) is 0 Å². The highest BCUT2D eigenvalue weighted by atomic mass is 16.6. The van der Waals surface area contributed by atoms with Gasteiger partial charge >= 0.3 is 6.09 Å². The van der Waals surface area contributed by atoms with Gasteiger partial charge in [0.1, 0.15) is 6.10 Å². The highest BCUT2D eigenvalue weighted by Gasteiger charge is 2.29. The summed E-state index contributed by atoms with van der Waals surface area (Å²) in [4.78, 5) is 13.2. The monoisotopic (exact) mass is 185 g/mol. The maximum Gasteiger partial charge on any atom is 0.410 e. The molecule has 1 fully saturated rings. The second-order valence-corrected chi connectivity index (χ2v) is 3.87. The molecule has 0 aliphatic carbocycles. The van der Waals surface area contributed by atoms with Gasteiger partial charge in [0, 0.05) is 19.0 Å². The highest BCUT2D eigenvalue weighted by molar-refractivity contribution is 5.68. The molecule has 0 N–H and O–H groups in total. The number of nitrogens with zero attached hydrogens (tertiary/aromatic N) is 1. The third kappa shape index (κ3) is 2.61. The van der Waals surface area contributed by atoms with Crippen molar-refractivity contribution in [2.45, 2.75) is 39.7 Å². The zero-order valence-electron chi connectivity index (χ0n) is 8.75. The second kappa shape index (κ2) is 4.49. The standard InChI is InChI=1S/C10H19NO2/c1-4-5-6-11-7-8(2)9(3)13-10(11)12/h8-9H,4-7H2,1-3H3/t8-,9-/m1/s1. The van der Waals surface area contributed by atoms with Crippen molar-refractivity contribution in [2.75, 3.05) is 13.1 Å². The average molecular weight is 185 g/mol. The van der Waals surface area contributed by atoms with Gasteiger partial charge in [-0.1, -0.05) is 20.3 Å². The molecule has 0 spiro atoms. The molecule has 1 saturated heterocycles. The number of cyclic esters (lactones) is 1. The lowest BCUT2D eigenvalue weighted by Crippen LogP contribution is -2.46. The van der Waals surface area contributed by atoms with Gasteiger partial charge in [0.05, 0.1) is 0 Å². The maximum absolute atomic E-state index is 11.4. The summed E-state index contributed by atoms with van der Waals surface area (Å²) in [5.41, 5.74) is 0. The van der Waals surface area contributed by atoms with Crippen LogP contribution in [-0.4, -0.2) is 30.2 Å². The first kappa shape index (κ1) is 10.4. The van der Waals surface area contributed by atoms with Gasteiger partial charge in [0.15, 0.2) is 0 Å². The van der Waals surface area contributed by atoms with Gasteiger partial charge in [-0.05, 0) is 13.3 Å². The predicted molar refractivity (Wildman–Crippen MR) is 51.6 cm³/mol. The van der Waals surface area contributed by atoms with Crippen LogP contribution >= 0.6 is 0 Å². The third-order valence-electron chi connectivity index (χ3n) is 2.64. The number of carbonyl (C=O) groups excluding carboxylic acids is 1. The smallest absolute Gasteiger partial charge is 0.410 e. The van der Waals surface area contributed by atoms with E-state index < -0.39 is 0 Å². The van der Waals surface area contributed by atoms with Crippen molar-refractivity contribution < 1.29 is 9.53 Å². The van der Waals surface area contributed by atoms with E-state index in [0.717, 1.165) is 25.9 Å². The number of carbonyl (C=O) groups is 1. The molecule has 13 heavy (non-hydrogen) atoms. The topological polar surface area (TPSA) is 29.5 Å². The highest BCUT2D eigenvalue weighted by Crippen LogP contribution is 2.17. The molecule has 0 radical (unpaired) electrons. The van der Waals surface area contributed by atoms with Crippen LogP contribution in [-0.2, 0) is 4.74 Å². The number of hydrogen-bond donors (Lipinski definition) is 0. The molecular weight excluding hydrogens is 166 g/mol. The Kier molecular flexibility index (Phi) is 3.58. The summed E-state index contributed by atoms with van der Waals surface area (Å²) in [7, 11) is 0. The molecule has 0 saturated carbocycles. The summed E-state index contributed by atoms with van der Waals surface area (Å²) in [6, 6.07) is 0. The van der Waals surface area contributed by atoms with E-state index >= 15 is 0 Å². The van der Waals surface area contributed by atoms with E-state index in [4.69, 9.17) is 4.74 Å². The van der Waals surface area contributed by atoms with E-state index in [1.807, 2.05) is 11.8 Å². The van der Waals surface area contributed by atoms with Crippen molar-refractivity contribution in [3.63, 3.8) is 0 Å². The van der Waals surface area contributed by atoms with Crippen molar-refractivity contribution in [1.82, 2.24) is 4.90 Å². The molecule has 1 rings (SSSR count). The fraction of sp³-hybridized carbons (Fsp3) is 0.900. The van der Waals surface area contributed by atoms with Crippen molar-refractivity contribution in [3.05, 3.63) is 0 Å². The molecule has 0 aromatic carbocycles. The minimum atomic E-state index is -0.140. The first-order valence-electron chi connectivity index (χ1n) is 5.10. The van der Waals surface area contributed by atoms with Crippen LogP contribution in [0, 0.1) is 5.92 Å². The summed E-state index contributed by atoms with van der Waals surface area (Å²) in [5, 5.41) is 0. The molecule has 3 nitrogen and oxygen atoms in total. The van der Waals surface area contributed by atoms with E-state index in [2.05, 4.69) is 13.8 Å². The van der Waals surface area contributed by atoms with Crippen LogP contribution in [0.4, 0.5) is 4.79 Å². The first-order chi connectivity index (χ1) is 6.15. The molecule has 0 unspecified atom stereocenters. The lowest BCUT2D eigenvalue weighted by atomic mass is 10.0. The summed E-state index contributed by atoms with van der Waals surface area (Å²) < 4.78 is 5.20. The average Bonchev–Trinajstić information content (AvgIpc) is 2.09. The number of rotatable bonds is 3. The first-order valence-corrected chi connectivity index (χ1v) is 5.10. The summed E-state index contributed by atoms with van der Waals surface area (Å²) in [5.74, 6) is 0.453. The molecule has 1 heterocycles. The van der Waals surface area contributed by atoms with Crippen LogP contribution in [0.3, 0.4) is 0 Å². The van der Waals surface area contributed by atoms with Gasteiger partial charge in [-0.3, -0.25) is 0 Å². The fourth-order valence-electron chi connectivity index (χ4n) is 1.45. The third-order valence-corrected chi connectivity index (χ3v) is 2.64. The molecule has 1 aliphatic heterocycles. The van der Waals surface area contributed by atoms with Crippen molar-refractivity contribution in [3.8, 4) is 0 Å². The molecule has 1 amide bonds. The van der Waals surface area contributed by atoms with Gasteiger partial charge < -0.3 is 9.64 Å². The molecule has 0 aromatic rings. The molecule has 0 aromatic heterocycles. The van der Waals surface area contributed by atoms with Crippen LogP contribution in [0.25, 0.3) is 0 Å². The van der Waals surface area contributed by atoms with Crippen molar-refractivity contribution in [2.24, 2.45) is 5.92 Å². The Morgan fingerprint density at radius 1 is 1.54 bits per heavy atom. The number of amides is 1. The Labute approximate surface area is 80.1 Å². The zero-order chi connectivity index (χ0) is 9.84. The molecular formula is C10H19NO2. The lowest BCUT2D eigenvalue weighted by Gasteiger charge is -2.34. The SMILES string of the molecule is CCCCN1C[C@@H](C)[C@@H](C)OC1=O. The van der Waals surface area contributed by atoms with E-state index in [0.29, 0.717) is 5.92 Å². The zero-order valence-corrected chi connectivity index (χ0v) is 8.75. The number of ether oxygens (including phenoxy) is 1. The summed E-state index contributed by atoms with van der Waals surface area (Å²) in [6.45, 7) is 7.89. The van der Waals surface area contributed by atoms with Gasteiger partial charge in [-0.15, -0.1) is 0 Å². The van der Waals surface area contributed by atoms with Gasteiger partial charge in [-0.25, -0.2) is 4.79 Å². The maximum atomic E-state index is 11.4. The fourth-order valence-corrected chi connectivity index (χ4v) is 1.45. The largest absolute Gasteiger partial charge is 0.446 e. The Hall–Kier alpha value is -0.730. The molecule has 3 heteroatoms. The van der Waals surface area contributed by atoms with E-state index in [-0.39, 0.29) is 12.2 Å². The second-order valence-electron chi connectivity index (χ2n) is 3.87. The number of hydrogen-bond acceptors (Lipinski definition) is 2. The molecule has 0 bridgehead atoms. The van der Waals surface area contributed by atoms with Gasteiger partial charge in [0.2, 0.25) is 0 Å². The molecule has 76 valence electrons. The van der Waals surface area contributed by atoms with E-state index in [1.165, 1.54) is 0 Å². The van der Waals surface area contributed by atoms with Crippen LogP contribution < -0.4 is 0 Å². The van der Waals surface area contributed by atoms with Crippen LogP contribution in [0.15, 0.2) is 0 Å². The molecule has 1 aliphatic rings. The Bertz CT molecular complexity index is 182. The predicted octanol–water partition coefficient (Wildman–Crippen LogP) is 2.26. The van der Waals surface area contributed by atoms with E-state index in [9.17, 15) is 4.79 Å². The van der Waals surface area contributed by atoms with Crippen molar-refractivity contribution in [1.29, 1.82) is 0 Å². The van der Waals surface area contributed by atoms with Crippen LogP contribution in [0.1, 0.15) is 33.6 Å². The van der Waals surface area contributed by atoms with Crippen LogP contribution in [0.2, 0.25) is 0 Å².